The number of rotatable bonds is 9. The first-order valence-electron chi connectivity index (χ1n) is 12.7. The Kier molecular flexibility index (Phi) is 8.48. The number of hydrogen-bond donors (Lipinski definition) is 2. The summed E-state index contributed by atoms with van der Waals surface area (Å²) in [5.74, 6) is -4.23. The molecule has 1 heterocycles. The summed E-state index contributed by atoms with van der Waals surface area (Å²) in [5, 5.41) is 21.1. The summed E-state index contributed by atoms with van der Waals surface area (Å²) < 4.78 is 15.7. The highest BCUT2D eigenvalue weighted by Crippen LogP contribution is 2.62. The molecular weight excluding hydrogens is 452 g/mol. The second kappa shape index (κ2) is 10.8. The van der Waals surface area contributed by atoms with Gasteiger partial charge in [-0.2, -0.15) is 0 Å². The predicted molar refractivity (Wildman–Crippen MR) is 128 cm³/mol. The summed E-state index contributed by atoms with van der Waals surface area (Å²) in [4.78, 5) is 38.8. The Labute approximate surface area is 207 Å². The predicted octanol–water partition coefficient (Wildman–Crippen LogP) is 2.96. The van der Waals surface area contributed by atoms with Crippen molar-refractivity contribution >= 4 is 17.9 Å². The molecule has 0 saturated heterocycles. The van der Waals surface area contributed by atoms with E-state index in [9.17, 15) is 24.6 Å². The Morgan fingerprint density at radius 3 is 2.34 bits per heavy atom. The van der Waals surface area contributed by atoms with E-state index in [0.29, 0.717) is 25.7 Å². The Morgan fingerprint density at radius 1 is 1.20 bits per heavy atom. The van der Waals surface area contributed by atoms with Crippen LogP contribution in [0.15, 0.2) is 23.8 Å². The molecule has 0 aromatic heterocycles. The minimum absolute atomic E-state index is 0.00745. The second-order valence-corrected chi connectivity index (χ2v) is 10.6. The van der Waals surface area contributed by atoms with Crippen LogP contribution in [-0.2, 0) is 28.6 Å². The molecule has 2 aliphatic carbocycles. The number of hydrogen-bond acceptors (Lipinski definition) is 8. The highest BCUT2D eigenvalue weighted by atomic mass is 16.6. The lowest BCUT2D eigenvalue weighted by atomic mass is 9.45. The monoisotopic (exact) mass is 492 g/mol. The first-order valence-corrected chi connectivity index (χ1v) is 12.7. The van der Waals surface area contributed by atoms with Gasteiger partial charge in [0.2, 0.25) is 0 Å². The van der Waals surface area contributed by atoms with Gasteiger partial charge in [-0.05, 0) is 69.3 Å². The second-order valence-electron chi connectivity index (χ2n) is 10.6. The zero-order valence-electron chi connectivity index (χ0n) is 21.4. The lowest BCUT2D eigenvalue weighted by Crippen LogP contribution is -2.57. The molecule has 2 fully saturated rings. The number of allylic oxidation sites excluding steroid dienone is 1. The van der Waals surface area contributed by atoms with E-state index in [2.05, 4.69) is 13.5 Å². The van der Waals surface area contributed by atoms with Crippen LogP contribution in [0.3, 0.4) is 0 Å². The Morgan fingerprint density at radius 2 is 1.83 bits per heavy atom. The van der Waals surface area contributed by atoms with Gasteiger partial charge in [0, 0.05) is 16.9 Å². The van der Waals surface area contributed by atoms with Crippen molar-refractivity contribution in [2.24, 2.45) is 34.5 Å². The molecule has 3 unspecified atom stereocenters. The summed E-state index contributed by atoms with van der Waals surface area (Å²) >= 11 is 0. The minimum atomic E-state index is -1.30. The van der Waals surface area contributed by atoms with E-state index in [4.69, 9.17) is 14.2 Å². The summed E-state index contributed by atoms with van der Waals surface area (Å²) in [6, 6.07) is 0. The molecule has 1 aliphatic heterocycles. The molecule has 3 rings (SSSR count). The number of carbonyl (C=O) groups excluding carboxylic acids is 3. The van der Waals surface area contributed by atoms with Gasteiger partial charge in [0.1, 0.15) is 6.61 Å². The molecule has 196 valence electrons. The average Bonchev–Trinajstić information content (AvgIpc) is 3.24. The smallest absolute Gasteiger partial charge is 0.334 e. The minimum Gasteiger partial charge on any atom is -0.465 e. The van der Waals surface area contributed by atoms with Crippen LogP contribution in [0, 0.1) is 34.5 Å². The average molecular weight is 493 g/mol. The zero-order chi connectivity index (χ0) is 26.0. The van der Waals surface area contributed by atoms with Crippen LogP contribution in [0.4, 0.5) is 0 Å². The van der Waals surface area contributed by atoms with Crippen molar-refractivity contribution in [1.29, 1.82) is 0 Å². The van der Waals surface area contributed by atoms with E-state index in [1.165, 1.54) is 0 Å². The fourth-order valence-corrected chi connectivity index (χ4v) is 6.90. The van der Waals surface area contributed by atoms with Crippen molar-refractivity contribution in [2.75, 3.05) is 26.4 Å². The van der Waals surface area contributed by atoms with Gasteiger partial charge in [-0.1, -0.05) is 26.0 Å². The van der Waals surface area contributed by atoms with Crippen LogP contribution in [0.2, 0.25) is 0 Å². The number of aliphatic hydroxyl groups is 2. The van der Waals surface area contributed by atoms with Crippen LogP contribution in [-0.4, -0.2) is 60.7 Å². The number of fused-ring (bicyclic) bond motifs is 1. The molecule has 8 nitrogen and oxygen atoms in total. The third kappa shape index (κ3) is 4.92. The molecule has 3 aliphatic rings. The van der Waals surface area contributed by atoms with Crippen LogP contribution in [0.25, 0.3) is 0 Å². The maximum Gasteiger partial charge on any atom is 0.334 e. The van der Waals surface area contributed by atoms with Gasteiger partial charge in [-0.15, -0.1) is 0 Å². The van der Waals surface area contributed by atoms with Crippen LogP contribution in [0.5, 0.6) is 0 Å². The van der Waals surface area contributed by atoms with Crippen molar-refractivity contribution in [2.45, 2.75) is 65.9 Å². The van der Waals surface area contributed by atoms with E-state index in [-0.39, 0.29) is 49.3 Å². The molecule has 2 N–H and O–H groups in total. The molecule has 0 bridgehead atoms. The normalized spacial score (nSPS) is 33.6. The van der Waals surface area contributed by atoms with E-state index in [0.717, 1.165) is 12.0 Å². The number of aliphatic hydroxyl groups excluding tert-OH is 2. The van der Waals surface area contributed by atoms with Crippen molar-refractivity contribution in [3.05, 3.63) is 23.8 Å². The highest BCUT2D eigenvalue weighted by Gasteiger charge is 2.58. The number of ether oxygens (including phenoxy) is 3. The van der Waals surface area contributed by atoms with Crippen molar-refractivity contribution in [3.8, 4) is 0 Å². The van der Waals surface area contributed by atoms with Gasteiger partial charge in [0.25, 0.3) is 0 Å². The fraction of sp³-hybridized carbons (Fsp3) is 0.741. The molecule has 0 amide bonds. The molecule has 0 spiro atoms. The van der Waals surface area contributed by atoms with Gasteiger partial charge >= 0.3 is 17.9 Å². The van der Waals surface area contributed by atoms with Gasteiger partial charge in [0.15, 0.2) is 5.92 Å². The summed E-state index contributed by atoms with van der Waals surface area (Å²) in [6.07, 6.45) is 4.05. The van der Waals surface area contributed by atoms with Crippen LogP contribution >= 0.6 is 0 Å². The molecule has 2 saturated carbocycles. The lowest BCUT2D eigenvalue weighted by Gasteiger charge is -2.60. The number of carbonyl (C=O) groups is 3. The standard InChI is InChI=1S/C27H40O8/c1-6-33-24(31)22(25(32)34-7-2)18(17-11-13-35-23(17)30)14-19-16(3)8-9-20-26(19,4)12-10-21(29)27(20,5)15-28/h11,18-22,28-29H,3,6-10,12-15H2,1-2,4-5H3/t18?,19-,20?,21?,26+,27-/m0/s1. The lowest BCUT2D eigenvalue weighted by molar-refractivity contribution is -0.166. The molecule has 35 heavy (non-hydrogen) atoms. The number of cyclic esters (lactones) is 1. The number of esters is 3. The summed E-state index contributed by atoms with van der Waals surface area (Å²) in [5.41, 5.74) is 0.259. The third-order valence-electron chi connectivity index (χ3n) is 8.82. The third-order valence-corrected chi connectivity index (χ3v) is 8.82. The van der Waals surface area contributed by atoms with E-state index >= 15 is 0 Å². The SMILES string of the molecule is C=C1CCC2[C@](C)(CO)C(O)CC[C@]2(C)[C@H]1CC(C1=CCOC1=O)C(C(=O)OCC)C(=O)OCC. The van der Waals surface area contributed by atoms with E-state index in [1.807, 2.05) is 6.92 Å². The molecular formula is C27H40O8. The Bertz CT molecular complexity index is 860. The van der Waals surface area contributed by atoms with E-state index in [1.54, 1.807) is 19.9 Å². The van der Waals surface area contributed by atoms with Crippen molar-refractivity contribution in [1.82, 2.24) is 0 Å². The first kappa shape index (κ1) is 27.4. The van der Waals surface area contributed by atoms with Gasteiger partial charge in [-0.25, -0.2) is 4.79 Å². The maximum absolute atomic E-state index is 13.1. The molecule has 0 radical (unpaired) electrons. The van der Waals surface area contributed by atoms with Crippen LogP contribution in [0.1, 0.15) is 59.8 Å². The molecule has 0 aromatic rings. The van der Waals surface area contributed by atoms with Crippen LogP contribution < -0.4 is 0 Å². The van der Waals surface area contributed by atoms with Gasteiger partial charge in [0.05, 0.1) is 25.9 Å². The molecule has 8 heteroatoms. The summed E-state index contributed by atoms with van der Waals surface area (Å²) in [7, 11) is 0. The largest absolute Gasteiger partial charge is 0.465 e. The highest BCUT2D eigenvalue weighted by molar-refractivity contribution is 5.99. The quantitative estimate of drug-likeness (QED) is 0.218. The van der Waals surface area contributed by atoms with E-state index < -0.39 is 41.3 Å². The molecule has 6 atom stereocenters. The van der Waals surface area contributed by atoms with Gasteiger partial charge < -0.3 is 24.4 Å². The van der Waals surface area contributed by atoms with Crippen molar-refractivity contribution in [3.63, 3.8) is 0 Å². The molecule has 0 aromatic carbocycles. The van der Waals surface area contributed by atoms with Gasteiger partial charge in [-0.3, -0.25) is 9.59 Å². The summed E-state index contributed by atoms with van der Waals surface area (Å²) in [6.45, 7) is 11.9. The van der Waals surface area contributed by atoms with Crippen molar-refractivity contribution < 1.29 is 38.8 Å². The maximum atomic E-state index is 13.1. The first-order chi connectivity index (χ1) is 16.5. The zero-order valence-corrected chi connectivity index (χ0v) is 21.4. The Hall–Kier alpha value is -2.19. The fourth-order valence-electron chi connectivity index (χ4n) is 6.90. The Balaban J connectivity index is 2.06. The topological polar surface area (TPSA) is 119 Å².